The van der Waals surface area contributed by atoms with E-state index < -0.39 is 0 Å². The summed E-state index contributed by atoms with van der Waals surface area (Å²) in [5.74, 6) is 0. The van der Waals surface area contributed by atoms with E-state index in [0.717, 1.165) is 35.6 Å². The molecule has 0 spiro atoms. The van der Waals surface area contributed by atoms with Crippen LogP contribution in [0.5, 0.6) is 0 Å². The number of benzene rings is 2. The van der Waals surface area contributed by atoms with Crippen molar-refractivity contribution in [2.45, 2.75) is 40.5 Å². The van der Waals surface area contributed by atoms with Crippen LogP contribution in [0.1, 0.15) is 48.6 Å². The Labute approximate surface area is 198 Å². The standard InChI is InChI=1S/C24H26N2S.2ClH.Fe/c1-5-19-9-7-11-21(15-19)25-17(3)23-13-14-24(27-23)18(4)26-22-12-8-10-20(6-2)16-22;;;/h7-16H,5-6H2,1-4H3;2*1H;/q;;;+2/p-2. The molecule has 0 unspecified atom stereocenters. The fourth-order valence-electron chi connectivity index (χ4n) is 2.92. The molecule has 30 heavy (non-hydrogen) atoms. The third-order valence-corrected chi connectivity index (χ3v) is 5.85. The van der Waals surface area contributed by atoms with Crippen molar-refractivity contribution in [1.29, 1.82) is 0 Å². The zero-order valence-corrected chi connectivity index (χ0v) is 21.0. The van der Waals surface area contributed by atoms with E-state index in [1.165, 1.54) is 20.9 Å². The zero-order valence-electron chi connectivity index (χ0n) is 17.6. The van der Waals surface area contributed by atoms with Crippen LogP contribution >= 0.6 is 31.5 Å². The maximum absolute atomic E-state index is 4.80. The molecular weight excluding hydrogens is 475 g/mol. The number of hydrogen-bond donors (Lipinski definition) is 0. The molecule has 2 nitrogen and oxygen atoms in total. The van der Waals surface area contributed by atoms with Crippen LogP contribution in [0.4, 0.5) is 11.4 Å². The SMILES string of the molecule is CCc1cccc(N=C(C)c2ccc(C(C)=Nc3cccc(CC)c3)s2)c1.[Cl][Fe][Cl]. The summed E-state index contributed by atoms with van der Waals surface area (Å²) in [6, 6.07) is 21.2. The number of aliphatic imine (C=N–C) groups is 2. The molecule has 0 aliphatic rings. The predicted octanol–water partition coefficient (Wildman–Crippen LogP) is 8.53. The second-order valence-corrected chi connectivity index (χ2v) is 9.56. The number of hydrogen-bond acceptors (Lipinski definition) is 3. The molecule has 3 rings (SSSR count). The monoisotopic (exact) mass is 500 g/mol. The third kappa shape index (κ3) is 7.68. The summed E-state index contributed by atoms with van der Waals surface area (Å²) in [7, 11) is 9.53. The van der Waals surface area contributed by atoms with Crippen LogP contribution in [-0.2, 0) is 26.0 Å². The van der Waals surface area contributed by atoms with Crippen LogP contribution in [0.25, 0.3) is 0 Å². The van der Waals surface area contributed by atoms with Crippen LogP contribution in [0.3, 0.4) is 0 Å². The number of aryl methyl sites for hydroxylation is 2. The van der Waals surface area contributed by atoms with Crippen molar-refractivity contribution in [3.05, 3.63) is 81.5 Å². The Kier molecular flexibility index (Phi) is 10.8. The van der Waals surface area contributed by atoms with E-state index in [9.17, 15) is 0 Å². The van der Waals surface area contributed by atoms with E-state index >= 15 is 0 Å². The van der Waals surface area contributed by atoms with Crippen LogP contribution < -0.4 is 0 Å². The second kappa shape index (κ2) is 13.1. The summed E-state index contributed by atoms with van der Waals surface area (Å²) in [5.41, 5.74) is 6.74. The van der Waals surface area contributed by atoms with Crippen molar-refractivity contribution in [1.82, 2.24) is 0 Å². The topological polar surface area (TPSA) is 24.7 Å². The fourth-order valence-corrected chi connectivity index (χ4v) is 3.81. The molecular formula is C24H26Cl2FeN2S. The van der Waals surface area contributed by atoms with Gasteiger partial charge in [0, 0.05) is 9.75 Å². The predicted molar refractivity (Wildman–Crippen MR) is 131 cm³/mol. The third-order valence-electron chi connectivity index (χ3n) is 4.55. The summed E-state index contributed by atoms with van der Waals surface area (Å²) in [6.45, 7) is 8.48. The molecule has 0 saturated heterocycles. The molecule has 0 bridgehead atoms. The summed E-state index contributed by atoms with van der Waals surface area (Å²) >= 11 is 1.94. The molecule has 0 fully saturated rings. The summed E-state index contributed by atoms with van der Waals surface area (Å²) in [5, 5.41) is 0. The van der Waals surface area contributed by atoms with Crippen molar-refractivity contribution in [3.63, 3.8) is 0 Å². The van der Waals surface area contributed by atoms with Crippen LogP contribution in [-0.4, -0.2) is 11.4 Å². The first kappa shape index (κ1) is 24.8. The Morgan fingerprint density at radius 2 is 1.17 bits per heavy atom. The van der Waals surface area contributed by atoms with E-state index in [4.69, 9.17) is 30.2 Å². The Bertz CT molecular complexity index is 934. The van der Waals surface area contributed by atoms with E-state index in [0.29, 0.717) is 0 Å². The van der Waals surface area contributed by atoms with Crippen molar-refractivity contribution in [2.24, 2.45) is 9.98 Å². The van der Waals surface area contributed by atoms with E-state index in [1.54, 1.807) is 11.3 Å². The molecule has 160 valence electrons. The minimum absolute atomic E-state index is 0.194. The molecule has 6 heteroatoms. The Balaban J connectivity index is 0.00000101. The van der Waals surface area contributed by atoms with Gasteiger partial charge in [-0.3, -0.25) is 9.98 Å². The molecule has 1 heterocycles. The summed E-state index contributed by atoms with van der Waals surface area (Å²) < 4.78 is 0. The Morgan fingerprint density at radius 1 is 0.767 bits per heavy atom. The number of halogens is 2. The molecule has 1 aromatic heterocycles. The molecule has 0 aliphatic carbocycles. The van der Waals surface area contributed by atoms with Crippen molar-refractivity contribution >= 4 is 54.3 Å². The van der Waals surface area contributed by atoms with Gasteiger partial charge in [-0.1, -0.05) is 38.1 Å². The van der Waals surface area contributed by atoms with Crippen LogP contribution in [0, 0.1) is 0 Å². The first-order chi connectivity index (χ1) is 14.5. The number of thiophene rings is 1. The summed E-state index contributed by atoms with van der Waals surface area (Å²) in [4.78, 5) is 12.0. The van der Waals surface area contributed by atoms with Gasteiger partial charge in [0.1, 0.15) is 0 Å². The first-order valence-corrected chi connectivity index (χ1v) is 13.6. The molecule has 0 amide bonds. The van der Waals surface area contributed by atoms with Gasteiger partial charge < -0.3 is 0 Å². The number of rotatable bonds is 6. The molecule has 2 aromatic carbocycles. The number of nitrogens with zero attached hydrogens (tertiary/aromatic N) is 2. The van der Waals surface area contributed by atoms with Crippen molar-refractivity contribution in [3.8, 4) is 0 Å². The van der Waals surface area contributed by atoms with E-state index in [1.807, 2.05) is 0 Å². The van der Waals surface area contributed by atoms with Gasteiger partial charge in [-0.2, -0.15) is 0 Å². The average molecular weight is 501 g/mol. The average Bonchev–Trinajstić information content (AvgIpc) is 3.25. The second-order valence-electron chi connectivity index (χ2n) is 6.66. The van der Waals surface area contributed by atoms with Gasteiger partial charge in [-0.25, -0.2) is 0 Å². The van der Waals surface area contributed by atoms with Gasteiger partial charge >= 0.3 is 33.3 Å². The van der Waals surface area contributed by atoms with Crippen molar-refractivity contribution in [2.75, 3.05) is 0 Å². The molecule has 0 N–H and O–H groups in total. The van der Waals surface area contributed by atoms with Crippen LogP contribution in [0.2, 0.25) is 0 Å². The Hall–Kier alpha value is -1.42. The molecule has 0 radical (unpaired) electrons. The maximum atomic E-state index is 4.80. The molecule has 0 aliphatic heterocycles. The van der Waals surface area contributed by atoms with Gasteiger partial charge in [0.05, 0.1) is 22.8 Å². The van der Waals surface area contributed by atoms with Gasteiger partial charge in [-0.05, 0) is 74.2 Å². The molecule has 0 saturated carbocycles. The first-order valence-electron chi connectivity index (χ1n) is 9.74. The van der Waals surface area contributed by atoms with Gasteiger partial charge in [0.25, 0.3) is 0 Å². The summed E-state index contributed by atoms with van der Waals surface area (Å²) in [6.07, 6.45) is 2.06. The van der Waals surface area contributed by atoms with E-state index in [2.05, 4.69) is 88.4 Å². The fraction of sp³-hybridized carbons (Fsp3) is 0.250. The van der Waals surface area contributed by atoms with Gasteiger partial charge in [-0.15, -0.1) is 11.3 Å². The van der Waals surface area contributed by atoms with E-state index in [-0.39, 0.29) is 13.1 Å². The normalized spacial score (nSPS) is 11.9. The van der Waals surface area contributed by atoms with Crippen molar-refractivity contribution < 1.29 is 13.1 Å². The quantitative estimate of drug-likeness (QED) is 0.239. The minimum atomic E-state index is 0.194. The Morgan fingerprint density at radius 3 is 1.53 bits per heavy atom. The zero-order chi connectivity index (χ0) is 21.9. The van der Waals surface area contributed by atoms with Crippen LogP contribution in [0.15, 0.2) is 70.6 Å². The molecule has 0 atom stereocenters. The van der Waals surface area contributed by atoms with Gasteiger partial charge in [0.15, 0.2) is 0 Å². The molecule has 3 aromatic rings. The van der Waals surface area contributed by atoms with Gasteiger partial charge in [0.2, 0.25) is 0 Å².